The second kappa shape index (κ2) is 9.87. The first-order valence-electron chi connectivity index (χ1n) is 1.81. The molecule has 0 rings (SSSR count). The Balaban J connectivity index is 0. The van der Waals surface area contributed by atoms with Crippen LogP contribution >= 0.6 is 8.25 Å². The van der Waals surface area contributed by atoms with Gasteiger partial charge in [-0.1, -0.05) is 6.08 Å². The minimum atomic E-state index is -2.87. The monoisotopic (exact) mass is 138 g/mol. The van der Waals surface area contributed by atoms with E-state index in [9.17, 15) is 0 Å². The molecule has 0 saturated carbocycles. The Hall–Kier alpha value is -0.280. The molecule has 0 aliphatic rings. The predicted octanol–water partition coefficient (Wildman–Crippen LogP) is -0.240. The molecular formula is C3H9NO3P+. The lowest BCUT2D eigenvalue weighted by Gasteiger charge is -1.61. The van der Waals surface area contributed by atoms with Crippen molar-refractivity contribution in [3.05, 3.63) is 12.7 Å². The number of hydrogen-bond acceptors (Lipinski definition) is 2. The molecule has 0 bridgehead atoms. The molecule has 0 heterocycles. The van der Waals surface area contributed by atoms with Crippen LogP contribution in [0.2, 0.25) is 0 Å². The summed E-state index contributed by atoms with van der Waals surface area (Å²) in [7, 11) is -2.87. The topological polar surface area (TPSA) is 83.6 Å². The van der Waals surface area contributed by atoms with Gasteiger partial charge in [-0.3, -0.25) is 0 Å². The molecule has 0 atom stereocenters. The first-order valence-corrected chi connectivity index (χ1v) is 2.97. The number of nitrogens with two attached hydrogens (primary N) is 1. The van der Waals surface area contributed by atoms with Crippen LogP contribution in [-0.2, 0) is 4.57 Å². The van der Waals surface area contributed by atoms with Crippen LogP contribution in [0.25, 0.3) is 0 Å². The van der Waals surface area contributed by atoms with Gasteiger partial charge in [0.1, 0.15) is 0 Å². The van der Waals surface area contributed by atoms with E-state index in [1.54, 1.807) is 6.08 Å². The molecule has 0 aliphatic carbocycles. The van der Waals surface area contributed by atoms with Crippen LogP contribution in [0.3, 0.4) is 0 Å². The van der Waals surface area contributed by atoms with E-state index in [2.05, 4.69) is 6.58 Å². The molecule has 0 aromatic rings. The maximum Gasteiger partial charge on any atom is 0.692 e. The van der Waals surface area contributed by atoms with Crippen molar-refractivity contribution in [1.29, 1.82) is 0 Å². The van der Waals surface area contributed by atoms with Gasteiger partial charge in [0.15, 0.2) is 0 Å². The summed E-state index contributed by atoms with van der Waals surface area (Å²) < 4.78 is 8.70. The Labute approximate surface area is 48.6 Å². The Morgan fingerprint density at radius 3 is 1.88 bits per heavy atom. The highest BCUT2D eigenvalue weighted by Crippen LogP contribution is 1.98. The lowest BCUT2D eigenvalue weighted by Crippen LogP contribution is -1.90. The zero-order valence-electron chi connectivity index (χ0n) is 4.32. The summed E-state index contributed by atoms with van der Waals surface area (Å²) >= 11 is 0. The molecule has 4 N–H and O–H groups in total. The summed E-state index contributed by atoms with van der Waals surface area (Å²) in [5, 5.41) is 0. The van der Waals surface area contributed by atoms with Crippen LogP contribution in [0.15, 0.2) is 12.7 Å². The Morgan fingerprint density at radius 1 is 1.75 bits per heavy atom. The SMILES string of the molecule is C=CCN.O=[P+](O)O. The van der Waals surface area contributed by atoms with Crippen molar-refractivity contribution in [3.8, 4) is 0 Å². The normalized spacial score (nSPS) is 6.38. The Morgan fingerprint density at radius 2 is 1.88 bits per heavy atom. The van der Waals surface area contributed by atoms with E-state index < -0.39 is 8.25 Å². The van der Waals surface area contributed by atoms with Crippen molar-refractivity contribution >= 4 is 8.25 Å². The van der Waals surface area contributed by atoms with Crippen molar-refractivity contribution < 1.29 is 14.4 Å². The van der Waals surface area contributed by atoms with Crippen LogP contribution in [0.1, 0.15) is 0 Å². The molecule has 0 aromatic carbocycles. The lowest BCUT2D eigenvalue weighted by molar-refractivity contribution is 0.405. The molecule has 0 unspecified atom stereocenters. The van der Waals surface area contributed by atoms with E-state index >= 15 is 0 Å². The summed E-state index contributed by atoms with van der Waals surface area (Å²) in [6.45, 7) is 3.94. The second-order valence-corrected chi connectivity index (χ2v) is 1.28. The number of rotatable bonds is 1. The lowest BCUT2D eigenvalue weighted by atomic mass is 10.7. The van der Waals surface area contributed by atoms with Crippen molar-refractivity contribution in [2.45, 2.75) is 0 Å². The van der Waals surface area contributed by atoms with E-state index in [1.807, 2.05) is 0 Å². The summed E-state index contributed by atoms with van der Waals surface area (Å²) in [4.78, 5) is 14.2. The third-order valence-corrected chi connectivity index (χ3v) is 0.167. The first kappa shape index (κ1) is 10.7. The van der Waals surface area contributed by atoms with Gasteiger partial charge < -0.3 is 5.73 Å². The third-order valence-electron chi connectivity index (χ3n) is 0.167. The molecule has 48 valence electrons. The Kier molecular flexibility index (Phi) is 13.1. The first-order chi connectivity index (χ1) is 3.65. The maximum absolute atomic E-state index is 8.70. The number of hydrogen-bond donors (Lipinski definition) is 3. The van der Waals surface area contributed by atoms with Gasteiger partial charge in [-0.25, -0.2) is 0 Å². The van der Waals surface area contributed by atoms with Gasteiger partial charge in [0, 0.05) is 11.1 Å². The van der Waals surface area contributed by atoms with E-state index in [0.717, 1.165) is 0 Å². The van der Waals surface area contributed by atoms with Crippen molar-refractivity contribution in [3.63, 3.8) is 0 Å². The van der Waals surface area contributed by atoms with Gasteiger partial charge in [-0.15, -0.1) is 16.4 Å². The van der Waals surface area contributed by atoms with E-state index in [1.165, 1.54) is 0 Å². The molecule has 0 radical (unpaired) electrons. The fraction of sp³-hybridized carbons (Fsp3) is 0.333. The van der Waals surface area contributed by atoms with Crippen LogP contribution in [0.4, 0.5) is 0 Å². The van der Waals surface area contributed by atoms with Gasteiger partial charge in [0.25, 0.3) is 0 Å². The minimum absolute atomic E-state index is 0.583. The summed E-state index contributed by atoms with van der Waals surface area (Å²) in [5.74, 6) is 0. The van der Waals surface area contributed by atoms with Crippen LogP contribution in [-0.4, -0.2) is 16.3 Å². The molecule has 0 amide bonds. The molecule has 0 fully saturated rings. The maximum atomic E-state index is 8.70. The molecular weight excluding hydrogens is 129 g/mol. The van der Waals surface area contributed by atoms with Crippen molar-refractivity contribution in [2.75, 3.05) is 6.54 Å². The molecule has 0 aromatic heterocycles. The van der Waals surface area contributed by atoms with Crippen LogP contribution in [0.5, 0.6) is 0 Å². The summed E-state index contributed by atoms with van der Waals surface area (Å²) in [6.07, 6.45) is 1.65. The summed E-state index contributed by atoms with van der Waals surface area (Å²) in [6, 6.07) is 0. The largest absolute Gasteiger partial charge is 0.692 e. The Bertz CT molecular complexity index is 70.9. The minimum Gasteiger partial charge on any atom is -0.327 e. The molecule has 0 spiro atoms. The van der Waals surface area contributed by atoms with Crippen LogP contribution < -0.4 is 5.73 Å². The quantitative estimate of drug-likeness (QED) is 0.345. The zero-order chi connectivity index (χ0) is 6.99. The van der Waals surface area contributed by atoms with Gasteiger partial charge >= 0.3 is 8.25 Å². The van der Waals surface area contributed by atoms with Gasteiger partial charge in [0.2, 0.25) is 0 Å². The summed E-state index contributed by atoms with van der Waals surface area (Å²) in [5.41, 5.74) is 4.91. The van der Waals surface area contributed by atoms with Crippen molar-refractivity contribution in [1.82, 2.24) is 0 Å². The van der Waals surface area contributed by atoms with E-state index in [0.29, 0.717) is 6.54 Å². The van der Waals surface area contributed by atoms with Gasteiger partial charge in [-0.05, 0) is 0 Å². The smallest absolute Gasteiger partial charge is 0.327 e. The highest BCUT2D eigenvalue weighted by Gasteiger charge is 1.93. The molecule has 8 heavy (non-hydrogen) atoms. The van der Waals surface area contributed by atoms with Crippen LogP contribution in [0, 0.1) is 0 Å². The fourth-order valence-corrected chi connectivity index (χ4v) is 0. The van der Waals surface area contributed by atoms with Gasteiger partial charge in [0.05, 0.1) is 0 Å². The third kappa shape index (κ3) is 246. The fourth-order valence-electron chi connectivity index (χ4n) is 0. The standard InChI is InChI=1S/C3H7N.HO3P/c1-2-3-4;1-4(2)3/h2H,1,3-4H2;(H-,1,2,3)/p+1. The second-order valence-electron chi connectivity index (χ2n) is 0.777. The average Bonchev–Trinajstić information content (AvgIpc) is 1.65. The van der Waals surface area contributed by atoms with Gasteiger partial charge in [-0.2, -0.15) is 0 Å². The van der Waals surface area contributed by atoms with E-state index in [4.69, 9.17) is 20.1 Å². The van der Waals surface area contributed by atoms with E-state index in [-0.39, 0.29) is 0 Å². The predicted molar refractivity (Wildman–Crippen MR) is 31.3 cm³/mol. The highest BCUT2D eigenvalue weighted by atomic mass is 31.1. The average molecular weight is 138 g/mol. The molecule has 0 saturated heterocycles. The molecule has 0 aliphatic heterocycles. The highest BCUT2D eigenvalue weighted by molar-refractivity contribution is 7.30. The van der Waals surface area contributed by atoms with Crippen molar-refractivity contribution in [2.24, 2.45) is 5.73 Å². The molecule has 4 nitrogen and oxygen atoms in total. The zero-order valence-corrected chi connectivity index (χ0v) is 5.21. The molecule has 5 heteroatoms.